The zero-order chi connectivity index (χ0) is 19.7. The molecule has 1 N–H and O–H groups in total. The Hall–Kier alpha value is -2.84. The minimum absolute atomic E-state index is 0.228. The number of nitrogens with one attached hydrogen (secondary N) is 1. The molecule has 1 amide bonds. The molecule has 3 aromatic carbocycles. The number of rotatable bonds is 5. The second-order valence-electron chi connectivity index (χ2n) is 6.21. The molecule has 0 bridgehead atoms. The van der Waals surface area contributed by atoms with E-state index in [4.69, 9.17) is 0 Å². The molecule has 0 atom stereocenters. The molecular weight excluding hydrogens is 394 g/mol. The molecule has 4 rings (SSSR count). The van der Waals surface area contributed by atoms with Crippen molar-refractivity contribution < 1.29 is 13.2 Å². The van der Waals surface area contributed by atoms with Gasteiger partial charge in [0.2, 0.25) is 0 Å². The first-order valence-electron chi connectivity index (χ1n) is 8.51. The largest absolute Gasteiger partial charge is 0.271 e. The second kappa shape index (κ2) is 7.29. The Kier molecular flexibility index (Phi) is 4.82. The van der Waals surface area contributed by atoms with E-state index in [0.717, 1.165) is 20.2 Å². The number of nitrogens with zero attached hydrogens (tertiary/aromatic N) is 2. The normalized spacial score (nSPS) is 14.7. The average Bonchev–Trinajstić information content (AvgIpc) is 2.92. The number of carbonyl (C=O) groups is 1. The zero-order valence-corrected chi connectivity index (χ0v) is 16.6. The van der Waals surface area contributed by atoms with E-state index in [9.17, 15) is 13.2 Å². The molecular formula is C20H17N3O3S2. The van der Waals surface area contributed by atoms with E-state index >= 15 is 0 Å². The highest BCUT2D eigenvalue weighted by Crippen LogP contribution is 2.41. The molecule has 0 spiro atoms. The monoisotopic (exact) mass is 411 g/mol. The molecule has 0 fully saturated rings. The fraction of sp³-hybridized carbons (Fsp3) is 0.100. The summed E-state index contributed by atoms with van der Waals surface area (Å²) in [6, 6.07) is 18.2. The third kappa shape index (κ3) is 3.25. The van der Waals surface area contributed by atoms with Crippen molar-refractivity contribution in [2.45, 2.75) is 9.79 Å². The Morgan fingerprint density at radius 3 is 2.54 bits per heavy atom. The summed E-state index contributed by atoms with van der Waals surface area (Å²) in [5, 5.41) is 5.41. The molecule has 3 aromatic rings. The smallest absolute Gasteiger partial charge is 0.265 e. The molecule has 142 valence electrons. The first-order chi connectivity index (χ1) is 13.5. The maximum Gasteiger partial charge on any atom is 0.265 e. The molecule has 0 unspecified atom stereocenters. The molecule has 0 radical (unpaired) electrons. The van der Waals surface area contributed by atoms with Crippen LogP contribution in [-0.4, -0.2) is 33.3 Å². The lowest BCUT2D eigenvalue weighted by Crippen LogP contribution is -2.37. The molecule has 0 saturated carbocycles. The van der Waals surface area contributed by atoms with E-state index < -0.39 is 15.9 Å². The van der Waals surface area contributed by atoms with Crippen LogP contribution >= 0.6 is 11.8 Å². The molecule has 0 aliphatic carbocycles. The summed E-state index contributed by atoms with van der Waals surface area (Å²) in [5.41, 5.74) is 3.75. The van der Waals surface area contributed by atoms with Crippen molar-refractivity contribution >= 4 is 50.4 Å². The van der Waals surface area contributed by atoms with Crippen molar-refractivity contribution in [2.75, 3.05) is 17.1 Å². The average molecular weight is 412 g/mol. The van der Waals surface area contributed by atoms with E-state index in [0.29, 0.717) is 11.1 Å². The number of sulfonamides is 1. The Bertz CT molecular complexity index is 1180. The third-order valence-corrected chi connectivity index (χ3v) is 7.03. The number of anilines is 1. The Balaban J connectivity index is 1.50. The van der Waals surface area contributed by atoms with Crippen molar-refractivity contribution in [3.05, 3.63) is 66.2 Å². The van der Waals surface area contributed by atoms with E-state index in [1.54, 1.807) is 36.0 Å². The first kappa shape index (κ1) is 18.5. The maximum atomic E-state index is 12.9. The standard InChI is InChI=1S/C20H17N3O3S2/c1-27-16-10-8-14(9-11-16)12-21-22-19(24)13-23-17-6-2-4-15-5-3-7-18(20(15)17)28(23,25)26/h2-12H,13H2,1H3,(H,22,24)/b21-12-. The van der Waals surface area contributed by atoms with Crippen LogP contribution in [-0.2, 0) is 14.8 Å². The third-order valence-electron chi connectivity index (χ3n) is 4.49. The van der Waals surface area contributed by atoms with Gasteiger partial charge in [0.1, 0.15) is 6.54 Å². The van der Waals surface area contributed by atoms with Gasteiger partial charge >= 0.3 is 0 Å². The molecule has 28 heavy (non-hydrogen) atoms. The van der Waals surface area contributed by atoms with Gasteiger partial charge < -0.3 is 0 Å². The fourth-order valence-electron chi connectivity index (χ4n) is 3.16. The highest BCUT2D eigenvalue weighted by atomic mass is 32.2. The van der Waals surface area contributed by atoms with Crippen molar-refractivity contribution in [1.82, 2.24) is 5.43 Å². The summed E-state index contributed by atoms with van der Waals surface area (Å²) in [4.78, 5) is 13.7. The van der Waals surface area contributed by atoms with Crippen molar-refractivity contribution in [1.29, 1.82) is 0 Å². The zero-order valence-electron chi connectivity index (χ0n) is 15.0. The predicted molar refractivity (Wildman–Crippen MR) is 112 cm³/mol. The first-order valence-corrected chi connectivity index (χ1v) is 11.2. The Labute approximate surface area is 167 Å². The number of hydrogen-bond donors (Lipinski definition) is 1. The van der Waals surface area contributed by atoms with Crippen LogP contribution in [0.15, 0.2) is 75.6 Å². The summed E-state index contributed by atoms with van der Waals surface area (Å²) in [6.45, 7) is -0.334. The lowest BCUT2D eigenvalue weighted by atomic mass is 10.1. The van der Waals surface area contributed by atoms with Crippen LogP contribution in [0.1, 0.15) is 5.56 Å². The van der Waals surface area contributed by atoms with E-state index in [1.807, 2.05) is 42.7 Å². The highest BCUT2D eigenvalue weighted by Gasteiger charge is 2.36. The number of amides is 1. The SMILES string of the molecule is CSc1ccc(/C=N\NC(=O)CN2c3cccc4cccc(c34)S2(=O)=O)cc1. The molecule has 1 aliphatic rings. The summed E-state index contributed by atoms with van der Waals surface area (Å²) in [6.07, 6.45) is 3.52. The van der Waals surface area contributed by atoms with Crippen molar-refractivity contribution in [3.8, 4) is 0 Å². The fourth-order valence-corrected chi connectivity index (χ4v) is 5.24. The van der Waals surface area contributed by atoms with Crippen LogP contribution in [0, 0.1) is 0 Å². The van der Waals surface area contributed by atoms with E-state index in [-0.39, 0.29) is 11.4 Å². The van der Waals surface area contributed by atoms with Crippen LogP contribution < -0.4 is 9.73 Å². The summed E-state index contributed by atoms with van der Waals surface area (Å²) in [7, 11) is -3.76. The summed E-state index contributed by atoms with van der Waals surface area (Å²) >= 11 is 1.64. The number of hydrazone groups is 1. The highest BCUT2D eigenvalue weighted by molar-refractivity contribution is 7.98. The van der Waals surface area contributed by atoms with Gasteiger partial charge in [0.25, 0.3) is 15.9 Å². The van der Waals surface area contributed by atoms with Crippen molar-refractivity contribution in [3.63, 3.8) is 0 Å². The summed E-state index contributed by atoms with van der Waals surface area (Å²) < 4.78 is 26.9. The second-order valence-corrected chi connectivity index (χ2v) is 8.92. The van der Waals surface area contributed by atoms with Crippen LogP contribution in [0.2, 0.25) is 0 Å². The molecule has 1 aliphatic heterocycles. The van der Waals surface area contributed by atoms with Crippen LogP contribution in [0.25, 0.3) is 10.8 Å². The van der Waals surface area contributed by atoms with E-state index in [1.165, 1.54) is 6.21 Å². The molecule has 8 heteroatoms. The quantitative estimate of drug-likeness (QED) is 0.397. The van der Waals surface area contributed by atoms with E-state index in [2.05, 4.69) is 10.5 Å². The lowest BCUT2D eigenvalue weighted by Gasteiger charge is -2.17. The number of carbonyl (C=O) groups excluding carboxylic acids is 1. The topological polar surface area (TPSA) is 78.8 Å². The molecule has 0 aromatic heterocycles. The van der Waals surface area contributed by atoms with Crippen LogP contribution in [0.5, 0.6) is 0 Å². The maximum absolute atomic E-state index is 12.9. The predicted octanol–water partition coefficient (Wildman–Crippen LogP) is 3.22. The molecule has 1 heterocycles. The van der Waals surface area contributed by atoms with Gasteiger partial charge in [-0.25, -0.2) is 13.8 Å². The van der Waals surface area contributed by atoms with Gasteiger partial charge in [0, 0.05) is 10.3 Å². The van der Waals surface area contributed by atoms with Gasteiger partial charge in [0.05, 0.1) is 16.8 Å². The van der Waals surface area contributed by atoms with Gasteiger partial charge in [0.15, 0.2) is 0 Å². The Morgan fingerprint density at radius 1 is 1.11 bits per heavy atom. The molecule has 0 saturated heterocycles. The van der Waals surface area contributed by atoms with Gasteiger partial charge in [-0.2, -0.15) is 5.10 Å². The van der Waals surface area contributed by atoms with Gasteiger partial charge in [-0.1, -0.05) is 36.4 Å². The number of thioether (sulfide) groups is 1. The number of hydrogen-bond acceptors (Lipinski definition) is 5. The van der Waals surface area contributed by atoms with Gasteiger partial charge in [-0.15, -0.1) is 11.8 Å². The van der Waals surface area contributed by atoms with Gasteiger partial charge in [-0.05, 0) is 41.5 Å². The minimum Gasteiger partial charge on any atom is -0.271 e. The lowest BCUT2D eigenvalue weighted by molar-refractivity contribution is -0.119. The Morgan fingerprint density at radius 2 is 1.82 bits per heavy atom. The van der Waals surface area contributed by atoms with Crippen molar-refractivity contribution in [2.24, 2.45) is 5.10 Å². The summed E-state index contributed by atoms with van der Waals surface area (Å²) in [5.74, 6) is -0.509. The van der Waals surface area contributed by atoms with Gasteiger partial charge in [-0.3, -0.25) is 9.10 Å². The number of benzene rings is 3. The van der Waals surface area contributed by atoms with Crippen LogP contribution in [0.4, 0.5) is 5.69 Å². The van der Waals surface area contributed by atoms with Crippen LogP contribution in [0.3, 0.4) is 0 Å². The minimum atomic E-state index is -3.76. The molecule has 6 nitrogen and oxygen atoms in total.